The molecule has 0 amide bonds. The maximum absolute atomic E-state index is 9.93. The molecule has 0 bridgehead atoms. The minimum atomic E-state index is -0.491. The molecule has 5 nitrogen and oxygen atoms in total. The highest BCUT2D eigenvalue weighted by Crippen LogP contribution is 2.27. The SMILES string of the molecule is N#CC(Cc1ccc2c(cnn2C2CCCCO2)c1)N=C(c1ccccc1)c1ccccc1. The lowest BCUT2D eigenvalue weighted by Gasteiger charge is -2.23. The van der Waals surface area contributed by atoms with Crippen molar-refractivity contribution in [3.05, 3.63) is 102 Å². The minimum absolute atomic E-state index is 0.0119. The smallest absolute Gasteiger partial charge is 0.150 e. The summed E-state index contributed by atoms with van der Waals surface area (Å²) in [7, 11) is 0. The summed E-state index contributed by atoms with van der Waals surface area (Å²) in [5, 5.41) is 15.6. The fourth-order valence-corrected chi connectivity index (χ4v) is 4.38. The van der Waals surface area contributed by atoms with Crippen LogP contribution in [0.3, 0.4) is 0 Å². The van der Waals surface area contributed by atoms with E-state index in [9.17, 15) is 5.26 Å². The van der Waals surface area contributed by atoms with E-state index in [0.717, 1.165) is 59.2 Å². The van der Waals surface area contributed by atoms with Gasteiger partial charge in [0.15, 0.2) is 6.23 Å². The van der Waals surface area contributed by atoms with Crippen LogP contribution in [0, 0.1) is 11.3 Å². The van der Waals surface area contributed by atoms with Gasteiger partial charge in [-0.05, 0) is 37.0 Å². The molecule has 0 N–H and O–H groups in total. The van der Waals surface area contributed by atoms with Crippen LogP contribution in [-0.4, -0.2) is 28.1 Å². The van der Waals surface area contributed by atoms with E-state index in [2.05, 4.69) is 29.4 Å². The Morgan fingerprint density at radius 1 is 1.03 bits per heavy atom. The number of aliphatic imine (C=N–C) groups is 1. The van der Waals surface area contributed by atoms with Gasteiger partial charge >= 0.3 is 0 Å². The summed E-state index contributed by atoms with van der Waals surface area (Å²) in [5.74, 6) is 0. The number of aromatic nitrogens is 2. The molecule has 4 aromatic rings. The number of fused-ring (bicyclic) bond motifs is 1. The molecular weight excluding hydrogens is 408 g/mol. The highest BCUT2D eigenvalue weighted by atomic mass is 16.5. The molecule has 1 aliphatic rings. The van der Waals surface area contributed by atoms with Crippen molar-refractivity contribution in [1.82, 2.24) is 9.78 Å². The third-order valence-electron chi connectivity index (χ3n) is 6.05. The summed E-state index contributed by atoms with van der Waals surface area (Å²) in [5.41, 5.74) is 4.99. The molecule has 2 unspecified atom stereocenters. The molecular formula is C28H26N4O. The number of ether oxygens (including phenoxy) is 1. The predicted octanol–water partition coefficient (Wildman–Crippen LogP) is 5.71. The van der Waals surface area contributed by atoms with Crippen LogP contribution in [0.5, 0.6) is 0 Å². The summed E-state index contributed by atoms with van der Waals surface area (Å²) < 4.78 is 7.90. The Morgan fingerprint density at radius 3 is 2.39 bits per heavy atom. The first kappa shape index (κ1) is 21.1. The first-order chi connectivity index (χ1) is 16.3. The van der Waals surface area contributed by atoms with Crippen LogP contribution in [0.2, 0.25) is 0 Å². The standard InChI is InChI=1S/C28H26N4O/c29-19-25(31-28(22-9-3-1-4-10-22)23-11-5-2-6-12-23)18-21-14-15-26-24(17-21)20-30-32(26)27-13-7-8-16-33-27/h1-6,9-12,14-15,17,20,25,27H,7-8,13,16,18H2. The summed E-state index contributed by atoms with van der Waals surface area (Å²) in [6, 6.07) is 28.3. The maximum Gasteiger partial charge on any atom is 0.150 e. The van der Waals surface area contributed by atoms with E-state index >= 15 is 0 Å². The molecule has 0 spiro atoms. The first-order valence-electron chi connectivity index (χ1n) is 11.5. The Bertz CT molecular complexity index is 1240. The van der Waals surface area contributed by atoms with E-state index in [0.29, 0.717) is 6.42 Å². The fraction of sp³-hybridized carbons (Fsp3) is 0.250. The van der Waals surface area contributed by atoms with E-state index < -0.39 is 6.04 Å². The molecule has 164 valence electrons. The lowest BCUT2D eigenvalue weighted by Crippen LogP contribution is -2.18. The molecule has 0 saturated carbocycles. The van der Waals surface area contributed by atoms with Gasteiger partial charge in [-0.25, -0.2) is 4.68 Å². The lowest BCUT2D eigenvalue weighted by atomic mass is 10.0. The lowest BCUT2D eigenvalue weighted by molar-refractivity contribution is -0.0366. The molecule has 2 atom stereocenters. The van der Waals surface area contributed by atoms with Crippen LogP contribution in [0.25, 0.3) is 10.9 Å². The molecule has 33 heavy (non-hydrogen) atoms. The van der Waals surface area contributed by atoms with Crippen LogP contribution in [-0.2, 0) is 11.2 Å². The molecule has 0 radical (unpaired) electrons. The van der Waals surface area contributed by atoms with Gasteiger partial charge in [0.25, 0.3) is 0 Å². The first-order valence-corrected chi connectivity index (χ1v) is 11.5. The van der Waals surface area contributed by atoms with Crippen molar-refractivity contribution < 1.29 is 4.74 Å². The summed E-state index contributed by atoms with van der Waals surface area (Å²) in [6.07, 6.45) is 5.71. The van der Waals surface area contributed by atoms with Gasteiger partial charge in [0.05, 0.1) is 23.5 Å². The molecule has 1 aromatic heterocycles. The number of rotatable bonds is 6. The van der Waals surface area contributed by atoms with Crippen molar-refractivity contribution in [2.24, 2.45) is 4.99 Å². The van der Waals surface area contributed by atoms with Crippen LogP contribution < -0.4 is 0 Å². The van der Waals surface area contributed by atoms with Crippen LogP contribution in [0.4, 0.5) is 0 Å². The van der Waals surface area contributed by atoms with Crippen LogP contribution >= 0.6 is 0 Å². The van der Waals surface area contributed by atoms with E-state index in [1.165, 1.54) is 0 Å². The van der Waals surface area contributed by atoms with Crippen molar-refractivity contribution in [2.45, 2.75) is 38.0 Å². The topological polar surface area (TPSA) is 63.2 Å². The zero-order valence-corrected chi connectivity index (χ0v) is 18.5. The quantitative estimate of drug-likeness (QED) is 0.365. The number of hydrogen-bond donors (Lipinski definition) is 0. The van der Waals surface area contributed by atoms with Gasteiger partial charge in [-0.15, -0.1) is 0 Å². The van der Waals surface area contributed by atoms with E-state index in [-0.39, 0.29) is 6.23 Å². The number of hydrogen-bond acceptors (Lipinski definition) is 4. The number of benzene rings is 3. The Labute approximate surface area is 194 Å². The van der Waals surface area contributed by atoms with E-state index in [4.69, 9.17) is 9.73 Å². The monoisotopic (exact) mass is 434 g/mol. The average molecular weight is 435 g/mol. The van der Waals surface area contributed by atoms with Crippen LogP contribution in [0.1, 0.15) is 42.2 Å². The van der Waals surface area contributed by atoms with E-state index in [1.54, 1.807) is 0 Å². The molecule has 1 fully saturated rings. The molecule has 2 heterocycles. The zero-order chi connectivity index (χ0) is 22.5. The van der Waals surface area contributed by atoms with Gasteiger partial charge in [-0.1, -0.05) is 66.7 Å². The van der Waals surface area contributed by atoms with Crippen molar-refractivity contribution in [3.8, 4) is 6.07 Å². The molecule has 5 rings (SSSR count). The summed E-state index contributed by atoms with van der Waals surface area (Å²) >= 11 is 0. The van der Waals surface area contributed by atoms with Gasteiger partial charge in [0.2, 0.25) is 0 Å². The van der Waals surface area contributed by atoms with Gasteiger partial charge < -0.3 is 4.74 Å². The van der Waals surface area contributed by atoms with Crippen molar-refractivity contribution in [1.29, 1.82) is 5.26 Å². The maximum atomic E-state index is 9.93. The Kier molecular flexibility index (Phi) is 6.27. The van der Waals surface area contributed by atoms with Gasteiger partial charge in [-0.2, -0.15) is 10.4 Å². The Morgan fingerprint density at radius 2 is 1.76 bits per heavy atom. The van der Waals surface area contributed by atoms with Gasteiger partial charge in [0.1, 0.15) is 6.04 Å². The van der Waals surface area contributed by atoms with Gasteiger partial charge in [-0.3, -0.25) is 4.99 Å². The highest BCUT2D eigenvalue weighted by Gasteiger charge is 2.19. The number of nitriles is 1. The fourth-order valence-electron chi connectivity index (χ4n) is 4.38. The van der Waals surface area contributed by atoms with Crippen molar-refractivity contribution in [3.63, 3.8) is 0 Å². The van der Waals surface area contributed by atoms with Crippen molar-refractivity contribution >= 4 is 16.6 Å². The second-order valence-corrected chi connectivity index (χ2v) is 8.36. The van der Waals surface area contributed by atoms with E-state index in [1.807, 2.05) is 71.5 Å². The second-order valence-electron chi connectivity index (χ2n) is 8.36. The van der Waals surface area contributed by atoms with Gasteiger partial charge in [0, 0.05) is 29.5 Å². The molecule has 3 aromatic carbocycles. The summed E-state index contributed by atoms with van der Waals surface area (Å²) in [4.78, 5) is 4.90. The highest BCUT2D eigenvalue weighted by molar-refractivity contribution is 6.13. The normalized spacial score (nSPS) is 16.8. The van der Waals surface area contributed by atoms with Crippen molar-refractivity contribution in [2.75, 3.05) is 6.61 Å². The molecule has 1 aliphatic heterocycles. The average Bonchev–Trinajstić information content (AvgIpc) is 3.31. The zero-order valence-electron chi connectivity index (χ0n) is 18.5. The Balaban J connectivity index is 1.43. The van der Waals surface area contributed by atoms with Crippen LogP contribution in [0.15, 0.2) is 90.1 Å². The summed E-state index contributed by atoms with van der Waals surface area (Å²) in [6.45, 7) is 0.789. The molecule has 0 aliphatic carbocycles. The molecule has 1 saturated heterocycles. The predicted molar refractivity (Wildman–Crippen MR) is 130 cm³/mol. The number of nitrogens with zero attached hydrogens (tertiary/aromatic N) is 4. The molecule has 5 heteroatoms. The largest absolute Gasteiger partial charge is 0.356 e. The second kappa shape index (κ2) is 9.81. The third kappa shape index (κ3) is 4.72. The Hall–Kier alpha value is -3.75. The minimum Gasteiger partial charge on any atom is -0.356 e. The third-order valence-corrected chi connectivity index (χ3v) is 6.05.